The normalized spacial score (nSPS) is 12.0. The highest BCUT2D eigenvalue weighted by Crippen LogP contribution is 2.22. The first-order chi connectivity index (χ1) is 13.6. The van der Waals surface area contributed by atoms with Gasteiger partial charge in [-0.05, 0) is 24.1 Å². The van der Waals surface area contributed by atoms with Crippen LogP contribution in [0.1, 0.15) is 19.4 Å². The van der Waals surface area contributed by atoms with E-state index in [-0.39, 0.29) is 24.4 Å². The third-order valence-corrected chi connectivity index (χ3v) is 4.44. The van der Waals surface area contributed by atoms with Gasteiger partial charge in [-0.2, -0.15) is 4.98 Å². The Balaban J connectivity index is 1.89. The van der Waals surface area contributed by atoms with Crippen LogP contribution in [-0.2, 0) is 6.54 Å². The summed E-state index contributed by atoms with van der Waals surface area (Å²) in [6.07, 6.45) is 3.39. The molecule has 0 saturated heterocycles. The van der Waals surface area contributed by atoms with E-state index in [0.29, 0.717) is 29.6 Å². The molecule has 0 unspecified atom stereocenters. The van der Waals surface area contributed by atoms with Gasteiger partial charge in [0, 0.05) is 36.1 Å². The molecule has 0 aliphatic carbocycles. The maximum absolute atomic E-state index is 13.9. The molecule has 6 nitrogen and oxygen atoms in total. The second-order valence-electron chi connectivity index (χ2n) is 6.82. The van der Waals surface area contributed by atoms with Crippen molar-refractivity contribution in [1.82, 2.24) is 15.0 Å². The Hall–Kier alpha value is -3.06. The average molecular weight is 381 g/mol. The van der Waals surface area contributed by atoms with Gasteiger partial charge < -0.3 is 15.7 Å². The smallest absolute Gasteiger partial charge is 0.225 e. The molecule has 0 amide bonds. The number of nitrogens with one attached hydrogen (secondary N) is 2. The molecule has 0 aliphatic rings. The molecule has 2 aromatic heterocycles. The molecule has 28 heavy (non-hydrogen) atoms. The minimum Gasteiger partial charge on any atom is -0.394 e. The molecule has 2 heterocycles. The quantitative estimate of drug-likeness (QED) is 0.552. The van der Waals surface area contributed by atoms with Crippen molar-refractivity contribution >= 4 is 11.8 Å². The maximum atomic E-state index is 13.9. The van der Waals surface area contributed by atoms with E-state index in [9.17, 15) is 9.50 Å². The number of aromatic nitrogens is 3. The number of anilines is 2. The maximum Gasteiger partial charge on any atom is 0.225 e. The van der Waals surface area contributed by atoms with Crippen LogP contribution in [0.2, 0.25) is 0 Å². The Bertz CT molecular complexity index is 904. The van der Waals surface area contributed by atoms with Gasteiger partial charge in [0.25, 0.3) is 0 Å². The molecule has 0 fully saturated rings. The number of nitrogens with zero attached hydrogens (tertiary/aromatic N) is 3. The zero-order valence-corrected chi connectivity index (χ0v) is 15.9. The SMILES string of the molecule is CC(C)[C@H](CO)Nc1nc(NCc2ccccc2F)cc(-c2ccncc2)n1. The van der Waals surface area contributed by atoms with Crippen molar-refractivity contribution in [2.75, 3.05) is 17.2 Å². The van der Waals surface area contributed by atoms with Crippen LogP contribution in [0.5, 0.6) is 0 Å². The Kier molecular flexibility index (Phi) is 6.49. The highest BCUT2D eigenvalue weighted by atomic mass is 19.1. The average Bonchev–Trinajstić information content (AvgIpc) is 2.71. The van der Waals surface area contributed by atoms with E-state index in [1.54, 1.807) is 30.6 Å². The summed E-state index contributed by atoms with van der Waals surface area (Å²) in [5.74, 6) is 0.899. The van der Waals surface area contributed by atoms with Crippen molar-refractivity contribution < 1.29 is 9.50 Å². The third kappa shape index (κ3) is 5.01. The summed E-state index contributed by atoms with van der Waals surface area (Å²) in [5, 5.41) is 16.0. The first kappa shape index (κ1) is 19.7. The van der Waals surface area contributed by atoms with Gasteiger partial charge in [0.15, 0.2) is 0 Å². The fraction of sp³-hybridized carbons (Fsp3) is 0.286. The predicted molar refractivity (Wildman–Crippen MR) is 108 cm³/mol. The minimum atomic E-state index is -0.267. The molecule has 0 saturated carbocycles. The highest BCUT2D eigenvalue weighted by Gasteiger charge is 2.15. The Morgan fingerprint density at radius 2 is 1.82 bits per heavy atom. The summed E-state index contributed by atoms with van der Waals surface area (Å²) in [6, 6.07) is 12.0. The van der Waals surface area contributed by atoms with Gasteiger partial charge in [0.2, 0.25) is 5.95 Å². The zero-order chi connectivity index (χ0) is 19.9. The number of pyridine rings is 1. The van der Waals surface area contributed by atoms with E-state index in [2.05, 4.69) is 25.6 Å². The lowest BCUT2D eigenvalue weighted by atomic mass is 10.1. The summed E-state index contributed by atoms with van der Waals surface area (Å²) in [5.41, 5.74) is 2.15. The number of hydrogen-bond donors (Lipinski definition) is 3. The molecule has 0 aliphatic heterocycles. The van der Waals surface area contributed by atoms with E-state index in [1.807, 2.05) is 32.0 Å². The number of rotatable bonds is 8. The van der Waals surface area contributed by atoms with Gasteiger partial charge in [0.05, 0.1) is 18.3 Å². The van der Waals surface area contributed by atoms with Gasteiger partial charge in [-0.25, -0.2) is 9.37 Å². The first-order valence-electron chi connectivity index (χ1n) is 9.21. The first-order valence-corrected chi connectivity index (χ1v) is 9.21. The number of aliphatic hydroxyl groups excluding tert-OH is 1. The molecule has 7 heteroatoms. The van der Waals surface area contributed by atoms with Crippen molar-refractivity contribution in [3.63, 3.8) is 0 Å². The van der Waals surface area contributed by atoms with Crippen molar-refractivity contribution in [2.24, 2.45) is 5.92 Å². The van der Waals surface area contributed by atoms with Crippen LogP contribution < -0.4 is 10.6 Å². The van der Waals surface area contributed by atoms with Crippen LogP contribution in [0, 0.1) is 11.7 Å². The standard InChI is InChI=1S/C21H24FN5O/c1-14(2)19(13-28)26-21-25-18(15-7-9-23-10-8-15)11-20(27-21)24-12-16-5-3-4-6-17(16)22/h3-11,14,19,28H,12-13H2,1-2H3,(H2,24,25,26,27)/t19-/m0/s1. The van der Waals surface area contributed by atoms with Crippen LogP contribution >= 0.6 is 0 Å². The number of aliphatic hydroxyl groups is 1. The molecular weight excluding hydrogens is 357 g/mol. The molecular formula is C21H24FN5O. The molecule has 3 rings (SSSR count). The Morgan fingerprint density at radius 1 is 1.07 bits per heavy atom. The monoisotopic (exact) mass is 381 g/mol. The van der Waals surface area contributed by atoms with Gasteiger partial charge in [-0.3, -0.25) is 4.98 Å². The minimum absolute atomic E-state index is 0.0293. The molecule has 0 bridgehead atoms. The lowest BCUT2D eigenvalue weighted by Crippen LogP contribution is -2.30. The van der Waals surface area contributed by atoms with Crippen LogP contribution in [-0.4, -0.2) is 32.7 Å². The molecule has 1 atom stereocenters. The Morgan fingerprint density at radius 3 is 2.50 bits per heavy atom. The predicted octanol–water partition coefficient (Wildman–Crippen LogP) is 3.72. The van der Waals surface area contributed by atoms with Crippen LogP contribution in [0.3, 0.4) is 0 Å². The van der Waals surface area contributed by atoms with Gasteiger partial charge >= 0.3 is 0 Å². The summed E-state index contributed by atoms with van der Waals surface area (Å²) in [4.78, 5) is 13.1. The van der Waals surface area contributed by atoms with E-state index >= 15 is 0 Å². The molecule has 3 aromatic rings. The van der Waals surface area contributed by atoms with Crippen LogP contribution in [0.15, 0.2) is 54.9 Å². The number of hydrogen-bond acceptors (Lipinski definition) is 6. The van der Waals surface area contributed by atoms with E-state index in [1.165, 1.54) is 6.07 Å². The molecule has 1 aromatic carbocycles. The molecule has 0 radical (unpaired) electrons. The topological polar surface area (TPSA) is 83.0 Å². The molecule has 146 valence electrons. The molecule has 3 N–H and O–H groups in total. The van der Waals surface area contributed by atoms with Crippen molar-refractivity contribution in [2.45, 2.75) is 26.4 Å². The van der Waals surface area contributed by atoms with Crippen molar-refractivity contribution in [3.05, 3.63) is 66.2 Å². The largest absolute Gasteiger partial charge is 0.394 e. The Labute approximate surface area is 163 Å². The van der Waals surface area contributed by atoms with Gasteiger partial charge in [-0.15, -0.1) is 0 Å². The highest BCUT2D eigenvalue weighted by molar-refractivity contribution is 5.64. The summed E-state index contributed by atoms with van der Waals surface area (Å²) < 4.78 is 13.9. The van der Waals surface area contributed by atoms with Gasteiger partial charge in [-0.1, -0.05) is 32.0 Å². The third-order valence-electron chi connectivity index (χ3n) is 4.44. The van der Waals surface area contributed by atoms with E-state index in [0.717, 1.165) is 5.56 Å². The number of halogens is 1. The zero-order valence-electron chi connectivity index (χ0n) is 15.9. The second kappa shape index (κ2) is 9.23. The van der Waals surface area contributed by atoms with Crippen molar-refractivity contribution in [1.29, 1.82) is 0 Å². The van der Waals surface area contributed by atoms with Gasteiger partial charge in [0.1, 0.15) is 11.6 Å². The second-order valence-corrected chi connectivity index (χ2v) is 6.82. The van der Waals surface area contributed by atoms with Crippen LogP contribution in [0.4, 0.5) is 16.2 Å². The van der Waals surface area contributed by atoms with Crippen molar-refractivity contribution in [3.8, 4) is 11.3 Å². The van der Waals surface area contributed by atoms with E-state index < -0.39 is 0 Å². The number of benzene rings is 1. The van der Waals surface area contributed by atoms with E-state index in [4.69, 9.17) is 0 Å². The molecule has 0 spiro atoms. The fourth-order valence-corrected chi connectivity index (χ4v) is 2.69. The lowest BCUT2D eigenvalue weighted by Gasteiger charge is -2.20. The summed E-state index contributed by atoms with van der Waals surface area (Å²) >= 11 is 0. The fourth-order valence-electron chi connectivity index (χ4n) is 2.69. The lowest BCUT2D eigenvalue weighted by molar-refractivity contribution is 0.248. The van der Waals surface area contributed by atoms with Crippen LogP contribution in [0.25, 0.3) is 11.3 Å². The summed E-state index contributed by atoms with van der Waals surface area (Å²) in [6.45, 7) is 4.29. The summed E-state index contributed by atoms with van der Waals surface area (Å²) in [7, 11) is 0.